The first-order valence-electron chi connectivity index (χ1n) is 7.15. The van der Waals surface area contributed by atoms with Gasteiger partial charge >= 0.3 is 0 Å². The number of hydrogen-bond acceptors (Lipinski definition) is 6. The number of morpholine rings is 1. The maximum atomic E-state index is 9.71. The summed E-state index contributed by atoms with van der Waals surface area (Å²) in [6, 6.07) is 6.36. The van der Waals surface area contributed by atoms with E-state index < -0.39 is 5.92 Å². The van der Waals surface area contributed by atoms with E-state index in [0.29, 0.717) is 36.6 Å². The Bertz CT molecular complexity index is 821. The average Bonchev–Trinajstić information content (AvgIpc) is 2.95. The Morgan fingerprint density at radius 3 is 2.78 bits per heavy atom. The van der Waals surface area contributed by atoms with Crippen molar-refractivity contribution in [2.45, 2.75) is 12.8 Å². The summed E-state index contributed by atoms with van der Waals surface area (Å²) in [4.78, 5) is 3.62. The van der Waals surface area contributed by atoms with Crippen LogP contribution in [-0.2, 0) is 4.74 Å². The highest BCUT2D eigenvalue weighted by molar-refractivity contribution is 7.14. The minimum atomic E-state index is -0.404. The number of anilines is 1. The number of rotatable bonds is 2. The van der Waals surface area contributed by atoms with E-state index in [-0.39, 0.29) is 0 Å². The van der Waals surface area contributed by atoms with Crippen LogP contribution in [0.4, 0.5) is 5.69 Å². The maximum absolute atomic E-state index is 9.71. The van der Waals surface area contributed by atoms with Gasteiger partial charge in [0.25, 0.3) is 0 Å². The van der Waals surface area contributed by atoms with Crippen LogP contribution in [-0.4, -0.2) is 30.9 Å². The normalized spacial score (nSPS) is 20.8. The molecule has 0 spiro atoms. The molecule has 0 radical (unpaired) electrons. The van der Waals surface area contributed by atoms with Crippen LogP contribution in [0.15, 0.2) is 28.6 Å². The van der Waals surface area contributed by atoms with Gasteiger partial charge in [0.1, 0.15) is 4.88 Å². The fourth-order valence-electron chi connectivity index (χ4n) is 3.07. The van der Waals surface area contributed by atoms with Crippen LogP contribution in [0.5, 0.6) is 0 Å². The number of thiophene rings is 1. The zero-order valence-corrected chi connectivity index (χ0v) is 13.5. The topological polar surface area (TPSA) is 112 Å². The van der Waals surface area contributed by atoms with Crippen LogP contribution in [0.3, 0.4) is 0 Å². The molecule has 23 heavy (non-hydrogen) atoms. The second-order valence-corrected chi connectivity index (χ2v) is 6.47. The zero-order valence-electron chi connectivity index (χ0n) is 12.7. The molecule has 7 heteroatoms. The van der Waals surface area contributed by atoms with Crippen molar-refractivity contribution in [3.8, 4) is 12.1 Å². The second-order valence-electron chi connectivity index (χ2n) is 5.36. The highest BCUT2D eigenvalue weighted by Crippen LogP contribution is 2.45. The summed E-state index contributed by atoms with van der Waals surface area (Å²) in [5.74, 6) is -0.404. The summed E-state index contributed by atoms with van der Waals surface area (Å²) in [6.07, 6.45) is 1.45. The Kier molecular flexibility index (Phi) is 3.91. The van der Waals surface area contributed by atoms with E-state index in [1.54, 1.807) is 6.07 Å². The van der Waals surface area contributed by atoms with Crippen LogP contribution in [0, 0.1) is 22.7 Å². The molecule has 1 fully saturated rings. The molecule has 3 rings (SSSR count). The molecule has 1 atom stereocenters. The van der Waals surface area contributed by atoms with Gasteiger partial charge in [0.2, 0.25) is 0 Å². The number of nitrogen functional groups attached to an aromatic ring is 1. The summed E-state index contributed by atoms with van der Waals surface area (Å²) < 4.78 is 5.52. The van der Waals surface area contributed by atoms with Gasteiger partial charge in [-0.2, -0.15) is 10.5 Å². The largest absolute Gasteiger partial charge is 0.397 e. The predicted molar refractivity (Wildman–Crippen MR) is 87.0 cm³/mol. The summed E-state index contributed by atoms with van der Waals surface area (Å²) in [6.45, 7) is 3.53. The maximum Gasteiger partial charge on any atom is 0.179 e. The Hall–Kier alpha value is -2.61. The van der Waals surface area contributed by atoms with Gasteiger partial charge in [-0.05, 0) is 13.0 Å². The lowest BCUT2D eigenvalue weighted by molar-refractivity contribution is -0.104. The fourth-order valence-corrected chi connectivity index (χ4v) is 4.11. The van der Waals surface area contributed by atoms with Crippen LogP contribution >= 0.6 is 11.3 Å². The lowest BCUT2D eigenvalue weighted by atomic mass is 9.84. The Labute approximate surface area is 138 Å². The third-order valence-corrected chi connectivity index (χ3v) is 5.37. The number of allylic oxidation sites excluding steroid dienone is 3. The van der Waals surface area contributed by atoms with Crippen molar-refractivity contribution in [2.75, 3.05) is 25.5 Å². The molecule has 0 bridgehead atoms. The number of hydrogen-bond donors (Lipinski definition) is 2. The third kappa shape index (κ3) is 2.31. The van der Waals surface area contributed by atoms with Gasteiger partial charge in [-0.1, -0.05) is 0 Å². The number of nitriles is 2. The summed E-state index contributed by atoms with van der Waals surface area (Å²) in [5.41, 5.74) is 9.37. The molecule has 2 aliphatic rings. The van der Waals surface area contributed by atoms with Crippen molar-refractivity contribution in [1.29, 1.82) is 10.5 Å². The van der Waals surface area contributed by atoms with Crippen LogP contribution in [0.25, 0.3) is 0 Å². The van der Waals surface area contributed by atoms with Crippen molar-refractivity contribution < 1.29 is 10.1 Å². The molecular weight excluding hydrogens is 310 g/mol. The van der Waals surface area contributed by atoms with E-state index in [1.165, 1.54) is 17.6 Å². The predicted octanol–water partition coefficient (Wildman–Crippen LogP) is 0.513. The van der Waals surface area contributed by atoms with Gasteiger partial charge in [-0.25, -0.2) is 0 Å². The number of ether oxygens (including phenoxy) is 1. The molecule has 6 nitrogen and oxygen atoms in total. The first kappa shape index (κ1) is 15.3. The summed E-state index contributed by atoms with van der Waals surface area (Å²) in [7, 11) is 0. The minimum Gasteiger partial charge on any atom is -0.397 e. The van der Waals surface area contributed by atoms with Gasteiger partial charge in [0.05, 0.1) is 53.8 Å². The van der Waals surface area contributed by atoms with Crippen LogP contribution in [0.2, 0.25) is 0 Å². The Morgan fingerprint density at radius 2 is 2.17 bits per heavy atom. The van der Waals surface area contributed by atoms with Gasteiger partial charge in [-0.15, -0.1) is 11.3 Å². The Balaban J connectivity index is 2.21. The molecule has 1 saturated heterocycles. The first-order chi connectivity index (χ1) is 11.1. The van der Waals surface area contributed by atoms with E-state index in [1.807, 2.05) is 11.8 Å². The second kappa shape index (κ2) is 5.88. The standard InChI is InChI=1S/C16H15N5OS/c1-9-10(5-17)16(14-4-12(20)15(7-19)23-14)11(6-18)13-8-22-3-2-21(9)13/h4,7,16,19H,2-3,8,20H2,1H3/p+1. The van der Waals surface area contributed by atoms with Gasteiger partial charge in [0, 0.05) is 17.1 Å². The number of nitrogens with two attached hydrogens (primary N) is 2. The van der Waals surface area contributed by atoms with E-state index in [9.17, 15) is 10.5 Å². The van der Waals surface area contributed by atoms with Gasteiger partial charge < -0.3 is 15.4 Å². The molecular formula is C16H16N5OS+. The molecule has 0 aromatic carbocycles. The highest BCUT2D eigenvalue weighted by atomic mass is 32.1. The molecule has 0 saturated carbocycles. The van der Waals surface area contributed by atoms with Crippen molar-refractivity contribution in [3.05, 3.63) is 38.4 Å². The van der Waals surface area contributed by atoms with Crippen molar-refractivity contribution >= 4 is 23.2 Å². The molecule has 4 N–H and O–H groups in total. The number of fused-ring (bicyclic) bond motifs is 1. The molecule has 1 aromatic heterocycles. The van der Waals surface area contributed by atoms with Crippen molar-refractivity contribution in [2.24, 2.45) is 0 Å². The number of nitrogens with zero attached hydrogens (tertiary/aromatic N) is 3. The molecule has 116 valence electrons. The van der Waals surface area contributed by atoms with Gasteiger partial charge in [-0.3, -0.25) is 5.41 Å². The third-order valence-electron chi connectivity index (χ3n) is 4.19. The van der Waals surface area contributed by atoms with E-state index in [4.69, 9.17) is 15.9 Å². The highest BCUT2D eigenvalue weighted by Gasteiger charge is 2.37. The molecule has 0 aliphatic carbocycles. The lowest BCUT2D eigenvalue weighted by Gasteiger charge is -2.39. The fraction of sp³-hybridized carbons (Fsp3) is 0.312. The van der Waals surface area contributed by atoms with E-state index in [2.05, 4.69) is 12.1 Å². The molecule has 1 unspecified atom stereocenters. The first-order valence-corrected chi connectivity index (χ1v) is 7.97. The average molecular weight is 326 g/mol. The van der Waals surface area contributed by atoms with Crippen molar-refractivity contribution in [3.63, 3.8) is 0 Å². The van der Waals surface area contributed by atoms with Gasteiger partial charge in [0.15, 0.2) is 6.21 Å². The summed E-state index contributed by atoms with van der Waals surface area (Å²) in [5, 5.41) is 25.0. The lowest BCUT2D eigenvalue weighted by Crippen LogP contribution is -2.38. The zero-order chi connectivity index (χ0) is 16.6. The van der Waals surface area contributed by atoms with Crippen LogP contribution < -0.4 is 11.1 Å². The van der Waals surface area contributed by atoms with E-state index >= 15 is 0 Å². The quantitative estimate of drug-likeness (QED) is 0.769. The summed E-state index contributed by atoms with van der Waals surface area (Å²) >= 11 is 1.41. The molecule has 2 aliphatic heterocycles. The SMILES string of the molecule is CC1=C(C#N)C(c2cc(N)c(C=[NH2+])s2)C(C#N)=C2COCCN12. The Morgan fingerprint density at radius 1 is 1.43 bits per heavy atom. The van der Waals surface area contributed by atoms with E-state index in [0.717, 1.165) is 21.1 Å². The molecule has 3 heterocycles. The monoisotopic (exact) mass is 326 g/mol. The van der Waals surface area contributed by atoms with Crippen molar-refractivity contribution in [1.82, 2.24) is 4.90 Å². The molecule has 0 amide bonds. The minimum absolute atomic E-state index is 0.381. The smallest absolute Gasteiger partial charge is 0.179 e. The molecule has 1 aromatic rings. The van der Waals surface area contributed by atoms with Crippen LogP contribution in [0.1, 0.15) is 22.6 Å².